The number of carbonyl (C=O) groups is 1. The molecule has 0 aromatic carbocycles. The zero-order valence-corrected chi connectivity index (χ0v) is 14.5. The molecule has 1 aromatic rings. The Morgan fingerprint density at radius 2 is 2.26 bits per heavy atom. The van der Waals surface area contributed by atoms with Crippen LogP contribution in [0.1, 0.15) is 38.7 Å². The van der Waals surface area contributed by atoms with Gasteiger partial charge in [-0.1, -0.05) is 32.8 Å². The first-order valence-electron chi connectivity index (χ1n) is 8.55. The lowest BCUT2D eigenvalue weighted by molar-refractivity contribution is 0.136. The number of hydrogen-bond acceptors (Lipinski definition) is 3. The Morgan fingerprint density at radius 1 is 1.43 bits per heavy atom. The third-order valence-corrected chi connectivity index (χ3v) is 4.96. The first-order valence-corrected chi connectivity index (χ1v) is 8.55. The number of aromatic nitrogens is 1. The van der Waals surface area contributed by atoms with Crippen LogP contribution in [0.15, 0.2) is 24.5 Å². The monoisotopic (exact) mass is 319 g/mol. The van der Waals surface area contributed by atoms with Crippen molar-refractivity contribution in [2.45, 2.75) is 45.7 Å². The van der Waals surface area contributed by atoms with Crippen molar-refractivity contribution in [3.05, 3.63) is 30.1 Å². The first kappa shape index (κ1) is 17.7. The Labute approximate surface area is 139 Å². The molecule has 1 heterocycles. The maximum absolute atomic E-state index is 12.7. The number of nitrogens with zero attached hydrogens (tertiary/aromatic N) is 2. The quantitative estimate of drug-likeness (QED) is 0.877. The Kier molecular flexibility index (Phi) is 6.84. The molecule has 0 radical (unpaired) electrons. The van der Waals surface area contributed by atoms with Crippen LogP contribution in [0.5, 0.6) is 0 Å². The van der Waals surface area contributed by atoms with Gasteiger partial charge in [-0.15, -0.1) is 0 Å². The summed E-state index contributed by atoms with van der Waals surface area (Å²) in [5.74, 6) is 1.19. The number of hydrogen-bond donors (Lipinski definition) is 1. The van der Waals surface area contributed by atoms with E-state index in [0.717, 1.165) is 12.0 Å². The van der Waals surface area contributed by atoms with Gasteiger partial charge < -0.3 is 15.0 Å². The van der Waals surface area contributed by atoms with Gasteiger partial charge in [0.15, 0.2) is 0 Å². The predicted molar refractivity (Wildman–Crippen MR) is 91.0 cm³/mol. The highest BCUT2D eigenvalue weighted by Crippen LogP contribution is 2.29. The second kappa shape index (κ2) is 8.87. The summed E-state index contributed by atoms with van der Waals surface area (Å²) in [6, 6.07) is 4.15. The number of methoxy groups -OCH3 is 1. The standard InChI is InChI=1S/C18H29N3O2/c1-14-6-4-8-17(15(14)2)20-18(22)21(10-11-23-3)13-16-7-5-9-19-12-16/h5,7,9,12,14-15,17H,4,6,8,10-11,13H2,1-3H3,(H,20,22). The van der Waals surface area contributed by atoms with Crippen LogP contribution in [0, 0.1) is 11.8 Å². The maximum Gasteiger partial charge on any atom is 0.318 e. The van der Waals surface area contributed by atoms with E-state index in [4.69, 9.17) is 4.74 Å². The summed E-state index contributed by atoms with van der Waals surface area (Å²) in [6.45, 7) is 6.19. The third kappa shape index (κ3) is 5.20. The molecule has 2 rings (SSSR count). The Hall–Kier alpha value is -1.62. The number of pyridine rings is 1. The highest BCUT2D eigenvalue weighted by molar-refractivity contribution is 5.74. The van der Waals surface area contributed by atoms with Crippen LogP contribution >= 0.6 is 0 Å². The van der Waals surface area contributed by atoms with Gasteiger partial charge in [-0.05, 0) is 29.9 Å². The molecule has 0 spiro atoms. The molecule has 23 heavy (non-hydrogen) atoms. The molecule has 0 saturated heterocycles. The summed E-state index contributed by atoms with van der Waals surface area (Å²) >= 11 is 0. The maximum atomic E-state index is 12.7. The lowest BCUT2D eigenvalue weighted by atomic mass is 9.78. The average Bonchev–Trinajstić information content (AvgIpc) is 2.56. The summed E-state index contributed by atoms with van der Waals surface area (Å²) in [5.41, 5.74) is 1.03. The van der Waals surface area contributed by atoms with Crippen molar-refractivity contribution in [2.24, 2.45) is 11.8 Å². The van der Waals surface area contributed by atoms with Crippen molar-refractivity contribution >= 4 is 6.03 Å². The molecule has 1 aliphatic rings. The molecular weight excluding hydrogens is 290 g/mol. The molecular formula is C18H29N3O2. The Bertz CT molecular complexity index is 480. The van der Waals surface area contributed by atoms with E-state index in [0.29, 0.717) is 31.5 Å². The van der Waals surface area contributed by atoms with Crippen LogP contribution in [-0.4, -0.2) is 42.2 Å². The van der Waals surface area contributed by atoms with Crippen LogP contribution in [0.4, 0.5) is 4.79 Å². The third-order valence-electron chi connectivity index (χ3n) is 4.96. The SMILES string of the molecule is COCCN(Cc1cccnc1)C(=O)NC1CCCC(C)C1C. The van der Waals surface area contributed by atoms with E-state index in [1.54, 1.807) is 19.5 Å². The highest BCUT2D eigenvalue weighted by Gasteiger charge is 2.29. The normalized spacial score (nSPS) is 24.2. The van der Waals surface area contributed by atoms with E-state index in [1.165, 1.54) is 12.8 Å². The predicted octanol–water partition coefficient (Wildman–Crippen LogP) is 3.06. The molecule has 5 heteroatoms. The molecule has 0 aliphatic heterocycles. The second-order valence-electron chi connectivity index (χ2n) is 6.60. The van der Waals surface area contributed by atoms with Gasteiger partial charge in [0.2, 0.25) is 0 Å². The minimum atomic E-state index is -0.00291. The van der Waals surface area contributed by atoms with Crippen molar-refractivity contribution in [3.63, 3.8) is 0 Å². The Morgan fingerprint density at radius 3 is 2.96 bits per heavy atom. The number of ether oxygens (including phenoxy) is 1. The molecule has 3 unspecified atom stereocenters. The van der Waals surface area contributed by atoms with Gasteiger partial charge >= 0.3 is 6.03 Å². The highest BCUT2D eigenvalue weighted by atomic mass is 16.5. The molecule has 5 nitrogen and oxygen atoms in total. The molecule has 1 N–H and O–H groups in total. The molecule has 1 fully saturated rings. The summed E-state index contributed by atoms with van der Waals surface area (Å²) in [6.07, 6.45) is 7.07. The van der Waals surface area contributed by atoms with Crippen molar-refractivity contribution in [3.8, 4) is 0 Å². The summed E-state index contributed by atoms with van der Waals surface area (Å²) in [7, 11) is 1.66. The summed E-state index contributed by atoms with van der Waals surface area (Å²) in [5, 5.41) is 3.24. The van der Waals surface area contributed by atoms with Crippen LogP contribution < -0.4 is 5.32 Å². The van der Waals surface area contributed by atoms with Crippen LogP contribution in [0.25, 0.3) is 0 Å². The fraction of sp³-hybridized carbons (Fsp3) is 0.667. The van der Waals surface area contributed by atoms with Gasteiger partial charge in [0, 0.05) is 38.6 Å². The number of nitrogens with one attached hydrogen (secondary N) is 1. The van der Waals surface area contributed by atoms with Gasteiger partial charge in [-0.2, -0.15) is 0 Å². The van der Waals surface area contributed by atoms with E-state index in [2.05, 4.69) is 24.1 Å². The van der Waals surface area contributed by atoms with Crippen molar-refractivity contribution in [1.29, 1.82) is 0 Å². The summed E-state index contributed by atoms with van der Waals surface area (Å²) < 4.78 is 5.15. The van der Waals surface area contributed by atoms with Gasteiger partial charge in [0.05, 0.1) is 6.61 Å². The smallest absolute Gasteiger partial charge is 0.318 e. The Balaban J connectivity index is 1.98. The van der Waals surface area contributed by atoms with Crippen molar-refractivity contribution in [1.82, 2.24) is 15.2 Å². The molecule has 128 valence electrons. The average molecular weight is 319 g/mol. The topological polar surface area (TPSA) is 54.5 Å². The molecule has 1 aliphatic carbocycles. The summed E-state index contributed by atoms with van der Waals surface area (Å²) in [4.78, 5) is 18.7. The van der Waals surface area contributed by atoms with E-state index in [-0.39, 0.29) is 12.1 Å². The van der Waals surface area contributed by atoms with E-state index >= 15 is 0 Å². The fourth-order valence-electron chi connectivity index (χ4n) is 3.20. The van der Waals surface area contributed by atoms with Gasteiger partial charge in [0.1, 0.15) is 0 Å². The zero-order valence-electron chi connectivity index (χ0n) is 14.5. The van der Waals surface area contributed by atoms with Crippen molar-refractivity contribution < 1.29 is 9.53 Å². The fourth-order valence-corrected chi connectivity index (χ4v) is 3.20. The first-order chi connectivity index (χ1) is 11.1. The molecule has 1 aromatic heterocycles. The molecule has 0 bridgehead atoms. The van der Waals surface area contributed by atoms with Crippen molar-refractivity contribution in [2.75, 3.05) is 20.3 Å². The lowest BCUT2D eigenvalue weighted by Crippen LogP contribution is -2.49. The van der Waals surface area contributed by atoms with E-state index in [9.17, 15) is 4.79 Å². The van der Waals surface area contributed by atoms with Crippen LogP contribution in [0.2, 0.25) is 0 Å². The lowest BCUT2D eigenvalue weighted by Gasteiger charge is -2.36. The largest absolute Gasteiger partial charge is 0.383 e. The van der Waals surface area contributed by atoms with Gasteiger partial charge in [0.25, 0.3) is 0 Å². The zero-order chi connectivity index (χ0) is 16.7. The molecule has 1 saturated carbocycles. The molecule has 2 amide bonds. The second-order valence-corrected chi connectivity index (χ2v) is 6.60. The van der Waals surface area contributed by atoms with Crippen LogP contribution in [-0.2, 0) is 11.3 Å². The minimum Gasteiger partial charge on any atom is -0.383 e. The number of amides is 2. The van der Waals surface area contributed by atoms with E-state index in [1.807, 2.05) is 17.0 Å². The minimum absolute atomic E-state index is 0.00291. The van der Waals surface area contributed by atoms with Crippen LogP contribution in [0.3, 0.4) is 0 Å². The number of urea groups is 1. The van der Waals surface area contributed by atoms with Gasteiger partial charge in [-0.3, -0.25) is 4.98 Å². The number of carbonyl (C=O) groups excluding carboxylic acids is 1. The number of rotatable bonds is 6. The molecule has 3 atom stereocenters. The van der Waals surface area contributed by atoms with E-state index < -0.39 is 0 Å². The van der Waals surface area contributed by atoms with Gasteiger partial charge in [-0.25, -0.2) is 4.79 Å².